The molecule has 19 heavy (non-hydrogen) atoms. The Kier molecular flexibility index (Phi) is 3.74. The van der Waals surface area contributed by atoms with Crippen LogP contribution >= 0.6 is 0 Å². The van der Waals surface area contributed by atoms with Crippen LogP contribution in [0.3, 0.4) is 0 Å². The van der Waals surface area contributed by atoms with E-state index in [9.17, 15) is 0 Å². The second-order valence-corrected chi connectivity index (χ2v) is 4.78. The monoisotopic (exact) mass is 258 g/mol. The molecule has 0 aromatic carbocycles. The molecule has 0 saturated carbocycles. The lowest BCUT2D eigenvalue weighted by Gasteiger charge is -2.23. The number of anilines is 1. The Morgan fingerprint density at radius 1 is 1.32 bits per heavy atom. The minimum absolute atomic E-state index is 0.501. The Bertz CT molecular complexity index is 505. The van der Waals surface area contributed by atoms with Crippen molar-refractivity contribution in [3.05, 3.63) is 42.5 Å². The van der Waals surface area contributed by atoms with E-state index in [4.69, 9.17) is 4.74 Å². The van der Waals surface area contributed by atoms with Gasteiger partial charge in [0, 0.05) is 31.6 Å². The molecule has 1 N–H and O–H groups in total. The van der Waals surface area contributed by atoms with Gasteiger partial charge in [-0.1, -0.05) is 6.07 Å². The van der Waals surface area contributed by atoms with Crippen LogP contribution in [0.2, 0.25) is 0 Å². The smallest absolute Gasteiger partial charge is 0.0832 e. The zero-order valence-corrected chi connectivity index (χ0v) is 10.8. The van der Waals surface area contributed by atoms with Crippen LogP contribution in [-0.4, -0.2) is 34.0 Å². The lowest BCUT2D eigenvalue weighted by atomic mass is 10.1. The largest absolute Gasteiger partial charge is 0.381 e. The van der Waals surface area contributed by atoms with Crippen molar-refractivity contribution in [1.82, 2.24) is 14.8 Å². The molecule has 1 saturated heterocycles. The molecule has 0 atom stereocenters. The number of pyridine rings is 1. The van der Waals surface area contributed by atoms with Crippen molar-refractivity contribution in [1.29, 1.82) is 0 Å². The summed E-state index contributed by atoms with van der Waals surface area (Å²) in [5.41, 5.74) is 2.09. The molecule has 5 heteroatoms. The van der Waals surface area contributed by atoms with Crippen molar-refractivity contribution in [3.8, 4) is 0 Å². The van der Waals surface area contributed by atoms with Crippen molar-refractivity contribution in [2.75, 3.05) is 18.5 Å². The molecule has 3 rings (SSSR count). The second kappa shape index (κ2) is 5.84. The van der Waals surface area contributed by atoms with Crippen molar-refractivity contribution >= 4 is 5.69 Å². The minimum atomic E-state index is 0.501. The van der Waals surface area contributed by atoms with Crippen LogP contribution in [0.1, 0.15) is 18.5 Å². The number of ether oxygens (including phenoxy) is 1. The highest BCUT2D eigenvalue weighted by Gasteiger charge is 2.13. The first kappa shape index (κ1) is 12.2. The van der Waals surface area contributed by atoms with E-state index in [1.165, 1.54) is 0 Å². The maximum absolute atomic E-state index is 5.35. The Morgan fingerprint density at radius 3 is 3.00 bits per heavy atom. The maximum Gasteiger partial charge on any atom is 0.0832 e. The van der Waals surface area contributed by atoms with Gasteiger partial charge in [-0.3, -0.25) is 9.67 Å². The summed E-state index contributed by atoms with van der Waals surface area (Å²) in [6.45, 7) is 2.40. The number of hydrogen-bond donors (Lipinski definition) is 1. The molecule has 0 amide bonds. The van der Waals surface area contributed by atoms with E-state index in [2.05, 4.69) is 15.4 Å². The van der Waals surface area contributed by atoms with Gasteiger partial charge < -0.3 is 10.1 Å². The summed E-state index contributed by atoms with van der Waals surface area (Å²) in [7, 11) is 0. The van der Waals surface area contributed by atoms with E-state index >= 15 is 0 Å². The van der Waals surface area contributed by atoms with Crippen LogP contribution in [0.15, 0.2) is 36.8 Å². The highest BCUT2D eigenvalue weighted by atomic mass is 16.5. The molecule has 2 aromatic heterocycles. The van der Waals surface area contributed by atoms with Crippen LogP contribution in [0, 0.1) is 0 Å². The summed E-state index contributed by atoms with van der Waals surface area (Å²) in [5.74, 6) is 0. The molecule has 0 radical (unpaired) electrons. The summed E-state index contributed by atoms with van der Waals surface area (Å²) >= 11 is 0. The average molecular weight is 258 g/mol. The van der Waals surface area contributed by atoms with Gasteiger partial charge in [0.15, 0.2) is 0 Å². The van der Waals surface area contributed by atoms with Gasteiger partial charge in [-0.2, -0.15) is 5.10 Å². The average Bonchev–Trinajstić information content (AvgIpc) is 2.88. The van der Waals surface area contributed by atoms with Crippen LogP contribution in [0.5, 0.6) is 0 Å². The third-order valence-electron chi connectivity index (χ3n) is 3.28. The van der Waals surface area contributed by atoms with Crippen LogP contribution in [0.25, 0.3) is 0 Å². The third kappa shape index (κ3) is 3.32. The maximum atomic E-state index is 5.35. The Morgan fingerprint density at radius 2 is 2.21 bits per heavy atom. The van der Waals surface area contributed by atoms with E-state index in [-0.39, 0.29) is 0 Å². The van der Waals surface area contributed by atoms with Gasteiger partial charge in [0.2, 0.25) is 0 Å². The lowest BCUT2D eigenvalue weighted by Crippen LogP contribution is -2.27. The Hall–Kier alpha value is -1.88. The van der Waals surface area contributed by atoms with Crippen molar-refractivity contribution in [2.45, 2.75) is 25.4 Å². The molecule has 1 aliphatic rings. The van der Waals surface area contributed by atoms with E-state index in [0.717, 1.165) is 37.4 Å². The van der Waals surface area contributed by atoms with Crippen molar-refractivity contribution in [2.24, 2.45) is 0 Å². The summed E-state index contributed by atoms with van der Waals surface area (Å²) < 4.78 is 7.26. The number of nitrogens with zero attached hydrogens (tertiary/aromatic N) is 3. The Labute approximate surface area is 112 Å². The first-order valence-corrected chi connectivity index (χ1v) is 6.67. The zero-order chi connectivity index (χ0) is 12.9. The van der Waals surface area contributed by atoms with Gasteiger partial charge in [0.1, 0.15) is 0 Å². The quantitative estimate of drug-likeness (QED) is 0.910. The predicted octanol–water partition coefficient (Wildman–Crippen LogP) is 1.92. The molecule has 1 fully saturated rings. The minimum Gasteiger partial charge on any atom is -0.381 e. The van der Waals surface area contributed by atoms with Gasteiger partial charge in [0.25, 0.3) is 0 Å². The number of rotatable bonds is 4. The number of aromatic nitrogens is 3. The summed E-state index contributed by atoms with van der Waals surface area (Å²) in [6.07, 6.45) is 7.83. The second-order valence-electron chi connectivity index (χ2n) is 4.78. The molecule has 0 unspecified atom stereocenters. The number of hydrogen-bond acceptors (Lipinski definition) is 4. The topological polar surface area (TPSA) is 52.0 Å². The summed E-state index contributed by atoms with van der Waals surface area (Å²) in [5, 5.41) is 7.86. The fourth-order valence-electron chi connectivity index (χ4n) is 2.26. The highest BCUT2D eigenvalue weighted by Crippen LogP contribution is 2.14. The normalized spacial score (nSPS) is 16.4. The van der Waals surface area contributed by atoms with Crippen LogP contribution in [0.4, 0.5) is 5.69 Å². The SMILES string of the molecule is c1ccc(Cn2cc(NC3CCOCC3)cn2)nc1. The molecule has 5 nitrogen and oxygen atoms in total. The van der Waals surface area contributed by atoms with E-state index in [0.29, 0.717) is 12.6 Å². The molecular formula is C14H18N4O. The van der Waals surface area contributed by atoms with E-state index in [1.54, 1.807) is 6.20 Å². The molecule has 100 valence electrons. The van der Waals surface area contributed by atoms with Gasteiger partial charge in [-0.15, -0.1) is 0 Å². The van der Waals surface area contributed by atoms with Crippen molar-refractivity contribution < 1.29 is 4.74 Å². The number of nitrogens with one attached hydrogen (secondary N) is 1. The van der Waals surface area contributed by atoms with E-state index in [1.807, 2.05) is 35.3 Å². The molecule has 2 aromatic rings. The highest BCUT2D eigenvalue weighted by molar-refractivity contribution is 5.39. The summed E-state index contributed by atoms with van der Waals surface area (Å²) in [4.78, 5) is 4.30. The van der Waals surface area contributed by atoms with Gasteiger partial charge in [0.05, 0.1) is 24.1 Å². The fourth-order valence-corrected chi connectivity index (χ4v) is 2.26. The van der Waals surface area contributed by atoms with Gasteiger partial charge in [-0.25, -0.2) is 0 Å². The molecular weight excluding hydrogens is 240 g/mol. The van der Waals surface area contributed by atoms with Crippen LogP contribution in [-0.2, 0) is 11.3 Å². The molecule has 1 aliphatic heterocycles. The fraction of sp³-hybridized carbons (Fsp3) is 0.429. The molecule has 0 spiro atoms. The molecule has 0 bridgehead atoms. The Balaban J connectivity index is 1.59. The molecule has 0 aliphatic carbocycles. The first-order chi connectivity index (χ1) is 9.40. The van der Waals surface area contributed by atoms with Gasteiger partial charge in [-0.05, 0) is 25.0 Å². The first-order valence-electron chi connectivity index (χ1n) is 6.67. The van der Waals surface area contributed by atoms with Crippen molar-refractivity contribution in [3.63, 3.8) is 0 Å². The zero-order valence-electron chi connectivity index (χ0n) is 10.8. The summed E-state index contributed by atoms with van der Waals surface area (Å²) in [6, 6.07) is 6.42. The third-order valence-corrected chi connectivity index (χ3v) is 3.28. The predicted molar refractivity (Wildman–Crippen MR) is 73.0 cm³/mol. The van der Waals surface area contributed by atoms with E-state index < -0.39 is 0 Å². The van der Waals surface area contributed by atoms with Crippen LogP contribution < -0.4 is 5.32 Å². The standard InChI is InChI=1S/C14H18N4O/c1-2-6-15-13(3-1)10-18-11-14(9-16-18)17-12-4-7-19-8-5-12/h1-3,6,9,11-12,17H,4-5,7-8,10H2. The lowest BCUT2D eigenvalue weighted by molar-refractivity contribution is 0.0904. The van der Waals surface area contributed by atoms with Gasteiger partial charge >= 0.3 is 0 Å². The molecule has 3 heterocycles.